The van der Waals surface area contributed by atoms with Crippen molar-refractivity contribution in [1.82, 2.24) is 14.9 Å². The highest BCUT2D eigenvalue weighted by molar-refractivity contribution is 5.99. The van der Waals surface area contributed by atoms with Crippen LogP contribution < -0.4 is 15.6 Å². The van der Waals surface area contributed by atoms with Crippen molar-refractivity contribution in [1.29, 1.82) is 0 Å². The molecule has 6 unspecified atom stereocenters. The number of halogens is 3. The predicted molar refractivity (Wildman–Crippen MR) is 142 cm³/mol. The number of carbonyl (C=O) groups excluding carboxylic acids is 2. The van der Waals surface area contributed by atoms with Crippen LogP contribution in [-0.2, 0) is 4.79 Å². The van der Waals surface area contributed by atoms with Crippen molar-refractivity contribution in [2.75, 3.05) is 11.4 Å². The molecule has 6 atom stereocenters. The molecule has 3 aliphatic carbocycles. The summed E-state index contributed by atoms with van der Waals surface area (Å²) in [5.74, 6) is 0.0538. The lowest BCUT2D eigenvalue weighted by Gasteiger charge is -2.46. The van der Waals surface area contributed by atoms with E-state index in [1.165, 1.54) is 53.1 Å². The lowest BCUT2D eigenvalue weighted by molar-refractivity contribution is -0.117. The highest BCUT2D eigenvalue weighted by atomic mass is 19.1. The summed E-state index contributed by atoms with van der Waals surface area (Å²) in [6.45, 7) is 1.85. The SMILES string of the molecule is CC1(NC(=O)c2cn(-c3ccc(F)cc3F)c3nc(N4CC(F)CC4=O)ccc3c2=O)CC2CC3CC(C1)C3C2. The first-order valence-electron chi connectivity index (χ1n) is 13.9. The van der Waals surface area contributed by atoms with Gasteiger partial charge in [0.2, 0.25) is 11.3 Å². The van der Waals surface area contributed by atoms with Gasteiger partial charge in [0, 0.05) is 17.8 Å². The van der Waals surface area contributed by atoms with E-state index in [2.05, 4.69) is 10.3 Å². The molecule has 2 aromatic heterocycles. The van der Waals surface area contributed by atoms with Crippen LogP contribution in [-0.4, -0.2) is 39.6 Å². The van der Waals surface area contributed by atoms with Gasteiger partial charge in [-0.15, -0.1) is 0 Å². The molecule has 7 rings (SSSR count). The van der Waals surface area contributed by atoms with Crippen LogP contribution in [0.5, 0.6) is 0 Å². The molecule has 3 aromatic rings. The van der Waals surface area contributed by atoms with Gasteiger partial charge in [-0.05, 0) is 87.0 Å². The fraction of sp³-hybridized carbons (Fsp3) is 0.467. The Kier molecular flexibility index (Phi) is 5.63. The highest BCUT2D eigenvalue weighted by Crippen LogP contribution is 2.60. The number of pyridine rings is 2. The van der Waals surface area contributed by atoms with E-state index in [0.717, 1.165) is 30.7 Å². The van der Waals surface area contributed by atoms with Crippen LogP contribution in [0.3, 0.4) is 0 Å². The van der Waals surface area contributed by atoms with Gasteiger partial charge in [0.15, 0.2) is 5.65 Å². The first-order valence-corrected chi connectivity index (χ1v) is 13.9. The summed E-state index contributed by atoms with van der Waals surface area (Å²) >= 11 is 0. The third kappa shape index (κ3) is 4.02. The monoisotopic (exact) mass is 550 g/mol. The Morgan fingerprint density at radius 3 is 2.65 bits per heavy atom. The molecule has 2 bridgehead atoms. The zero-order valence-electron chi connectivity index (χ0n) is 22.0. The molecular formula is C30H29F3N4O3. The van der Waals surface area contributed by atoms with Crippen molar-refractivity contribution in [2.24, 2.45) is 23.7 Å². The van der Waals surface area contributed by atoms with Gasteiger partial charge in [-0.3, -0.25) is 23.9 Å². The Bertz CT molecular complexity index is 1630. The van der Waals surface area contributed by atoms with Crippen molar-refractivity contribution in [3.05, 3.63) is 63.9 Å². The van der Waals surface area contributed by atoms with Crippen molar-refractivity contribution >= 4 is 28.7 Å². The van der Waals surface area contributed by atoms with E-state index >= 15 is 4.39 Å². The van der Waals surface area contributed by atoms with Crippen LogP contribution in [0.25, 0.3) is 16.7 Å². The predicted octanol–water partition coefficient (Wildman–Crippen LogP) is 4.68. The van der Waals surface area contributed by atoms with Crippen LogP contribution in [0.2, 0.25) is 0 Å². The number of rotatable bonds is 4. The fourth-order valence-corrected chi connectivity index (χ4v) is 7.89. The number of hydrogen-bond acceptors (Lipinski definition) is 4. The molecule has 4 aliphatic rings. The molecule has 1 aromatic carbocycles. The molecule has 4 fully saturated rings. The molecular weight excluding hydrogens is 521 g/mol. The summed E-state index contributed by atoms with van der Waals surface area (Å²) < 4.78 is 44.0. The molecule has 3 saturated carbocycles. The maximum Gasteiger partial charge on any atom is 0.257 e. The fourth-order valence-electron chi connectivity index (χ4n) is 7.89. The summed E-state index contributed by atoms with van der Waals surface area (Å²) in [4.78, 5) is 45.3. The Labute approximate surface area is 228 Å². The Morgan fingerprint density at radius 1 is 1.07 bits per heavy atom. The molecule has 3 heterocycles. The number of carbonyl (C=O) groups is 2. The molecule has 7 nitrogen and oxygen atoms in total. The first-order chi connectivity index (χ1) is 19.1. The van der Waals surface area contributed by atoms with Gasteiger partial charge in [-0.2, -0.15) is 0 Å². The second-order valence-electron chi connectivity index (χ2n) is 12.4. The number of nitrogens with one attached hydrogen (secondary N) is 1. The molecule has 1 N–H and O–H groups in total. The minimum atomic E-state index is -1.35. The third-order valence-corrected chi connectivity index (χ3v) is 9.53. The van der Waals surface area contributed by atoms with Gasteiger partial charge in [-0.1, -0.05) is 0 Å². The van der Waals surface area contributed by atoms with Gasteiger partial charge in [0.25, 0.3) is 5.91 Å². The lowest BCUT2D eigenvalue weighted by Crippen LogP contribution is -2.51. The second-order valence-corrected chi connectivity index (χ2v) is 12.4. The number of alkyl halides is 1. The van der Waals surface area contributed by atoms with Gasteiger partial charge >= 0.3 is 0 Å². The molecule has 0 spiro atoms. The topological polar surface area (TPSA) is 84.3 Å². The minimum absolute atomic E-state index is 0.0236. The van der Waals surface area contributed by atoms with E-state index in [1.54, 1.807) is 0 Å². The quantitative estimate of drug-likeness (QED) is 0.511. The largest absolute Gasteiger partial charge is 0.347 e. The van der Waals surface area contributed by atoms with Crippen LogP contribution in [0.15, 0.2) is 41.3 Å². The van der Waals surface area contributed by atoms with E-state index in [-0.39, 0.29) is 41.1 Å². The average Bonchev–Trinajstić information content (AvgIpc) is 3.36. The maximum absolute atomic E-state index is 15.0. The molecule has 2 amide bonds. The van der Waals surface area contributed by atoms with E-state index in [0.29, 0.717) is 17.9 Å². The molecule has 1 aliphatic heterocycles. The first kappa shape index (κ1) is 25.3. The maximum atomic E-state index is 15.0. The highest BCUT2D eigenvalue weighted by Gasteiger charge is 2.53. The van der Waals surface area contributed by atoms with Crippen molar-refractivity contribution < 1.29 is 22.8 Å². The zero-order valence-corrected chi connectivity index (χ0v) is 22.0. The van der Waals surface area contributed by atoms with E-state index in [4.69, 9.17) is 0 Å². The lowest BCUT2D eigenvalue weighted by atomic mass is 9.62. The number of fused-ring (bicyclic) bond motifs is 2. The number of hydrogen-bond donors (Lipinski definition) is 1. The Balaban J connectivity index is 1.32. The number of anilines is 1. The number of aromatic nitrogens is 2. The van der Waals surface area contributed by atoms with Gasteiger partial charge in [-0.25, -0.2) is 18.2 Å². The van der Waals surface area contributed by atoms with Crippen molar-refractivity contribution in [2.45, 2.75) is 57.2 Å². The van der Waals surface area contributed by atoms with Crippen LogP contribution in [0, 0.1) is 35.3 Å². The van der Waals surface area contributed by atoms with Crippen molar-refractivity contribution in [3.8, 4) is 5.69 Å². The number of nitrogens with zero attached hydrogens (tertiary/aromatic N) is 3. The van der Waals surface area contributed by atoms with Gasteiger partial charge in [0.05, 0.1) is 24.0 Å². The number of benzene rings is 1. The van der Waals surface area contributed by atoms with E-state index < -0.39 is 40.6 Å². The van der Waals surface area contributed by atoms with Crippen LogP contribution >= 0.6 is 0 Å². The smallest absolute Gasteiger partial charge is 0.257 e. The second kappa shape index (κ2) is 8.91. The van der Waals surface area contributed by atoms with Crippen LogP contribution in [0.1, 0.15) is 55.8 Å². The normalized spacial score (nSPS) is 30.9. The minimum Gasteiger partial charge on any atom is -0.347 e. The molecule has 10 heteroatoms. The average molecular weight is 551 g/mol. The third-order valence-electron chi connectivity index (χ3n) is 9.53. The summed E-state index contributed by atoms with van der Waals surface area (Å²) in [5.41, 5.74) is -1.41. The Morgan fingerprint density at radius 2 is 1.90 bits per heavy atom. The molecule has 208 valence electrons. The van der Waals surface area contributed by atoms with Crippen molar-refractivity contribution in [3.63, 3.8) is 0 Å². The molecule has 40 heavy (non-hydrogen) atoms. The van der Waals surface area contributed by atoms with Gasteiger partial charge in [0.1, 0.15) is 29.2 Å². The van der Waals surface area contributed by atoms with E-state index in [9.17, 15) is 23.2 Å². The van der Waals surface area contributed by atoms with E-state index in [1.807, 2.05) is 6.92 Å². The summed E-state index contributed by atoms with van der Waals surface area (Å²) in [5, 5.41) is 3.17. The van der Waals surface area contributed by atoms with Crippen LogP contribution in [0.4, 0.5) is 19.0 Å². The summed E-state index contributed by atoms with van der Waals surface area (Å²) in [6, 6.07) is 5.79. The molecule has 0 radical (unpaired) electrons. The zero-order chi connectivity index (χ0) is 27.9. The number of amides is 2. The summed E-state index contributed by atoms with van der Waals surface area (Å²) in [7, 11) is 0. The Hall–Kier alpha value is -3.69. The summed E-state index contributed by atoms with van der Waals surface area (Å²) in [6.07, 6.45) is 4.88. The van der Waals surface area contributed by atoms with Gasteiger partial charge < -0.3 is 5.32 Å². The standard InChI is InChI=1S/C30H29F3N4O3/c1-30(11-15-6-16-8-17(12-30)21(16)7-15)35-29(40)22-14-36(24-4-2-18(31)9-23(24)33)28-20(27(22)39)3-5-25(34-28)37-13-19(32)10-26(37)38/h2-5,9,14-17,19,21H,6-8,10-13H2,1H3,(H,35,40). The molecule has 1 saturated heterocycles.